The largest absolute Gasteiger partial charge is 0.495 e. The fourth-order valence-electron chi connectivity index (χ4n) is 2.03. The maximum atomic E-state index is 12.4. The van der Waals surface area contributed by atoms with Gasteiger partial charge in [-0.1, -0.05) is 18.5 Å². The lowest BCUT2D eigenvalue weighted by molar-refractivity contribution is 0.102. The van der Waals surface area contributed by atoms with E-state index in [-0.39, 0.29) is 11.7 Å². The fourth-order valence-corrected chi connectivity index (χ4v) is 2.26. The molecule has 0 aliphatic carbocycles. The zero-order valence-electron chi connectivity index (χ0n) is 14.6. The zero-order chi connectivity index (χ0) is 18.4. The van der Waals surface area contributed by atoms with Crippen LogP contribution < -0.4 is 20.1 Å². The van der Waals surface area contributed by atoms with Crippen molar-refractivity contribution < 1.29 is 14.3 Å². The van der Waals surface area contributed by atoms with Gasteiger partial charge in [0.15, 0.2) is 5.69 Å². The molecule has 0 saturated carbocycles. The third-order valence-electron chi connectivity index (χ3n) is 3.63. The highest BCUT2D eigenvalue weighted by atomic mass is 35.5. The summed E-state index contributed by atoms with van der Waals surface area (Å²) in [6.07, 6.45) is 0.960. The molecule has 0 bridgehead atoms. The van der Waals surface area contributed by atoms with E-state index in [1.807, 2.05) is 6.92 Å². The minimum absolute atomic E-state index is 0.186. The molecule has 0 fully saturated rings. The van der Waals surface area contributed by atoms with Crippen molar-refractivity contribution in [3.63, 3.8) is 0 Å². The number of anilines is 2. The summed E-state index contributed by atoms with van der Waals surface area (Å²) in [5.74, 6) is 1.06. The van der Waals surface area contributed by atoms with Gasteiger partial charge >= 0.3 is 0 Å². The Hall–Kier alpha value is -2.54. The molecular weight excluding hydrogens is 344 g/mol. The number of rotatable bonds is 7. The maximum Gasteiger partial charge on any atom is 0.276 e. The van der Waals surface area contributed by atoms with Crippen LogP contribution in [0.2, 0.25) is 5.02 Å². The van der Waals surface area contributed by atoms with Gasteiger partial charge in [0.05, 0.1) is 24.9 Å². The Kier molecular flexibility index (Phi) is 6.41. The first-order chi connectivity index (χ1) is 12.0. The number of hydrogen-bond donors (Lipinski definition) is 2. The van der Waals surface area contributed by atoms with Gasteiger partial charge in [-0.05, 0) is 25.5 Å². The molecule has 1 aromatic carbocycles. The summed E-state index contributed by atoms with van der Waals surface area (Å²) in [6, 6.07) is 6.76. The van der Waals surface area contributed by atoms with Gasteiger partial charge < -0.3 is 20.1 Å². The van der Waals surface area contributed by atoms with Crippen molar-refractivity contribution in [2.24, 2.45) is 0 Å². The first-order valence-corrected chi connectivity index (χ1v) is 8.19. The van der Waals surface area contributed by atoms with Gasteiger partial charge in [0, 0.05) is 18.2 Å². The maximum absolute atomic E-state index is 12.4. The van der Waals surface area contributed by atoms with E-state index in [2.05, 4.69) is 27.8 Å². The molecule has 25 heavy (non-hydrogen) atoms. The molecule has 0 aliphatic heterocycles. The molecule has 8 heteroatoms. The lowest BCUT2D eigenvalue weighted by Crippen LogP contribution is -2.18. The van der Waals surface area contributed by atoms with Gasteiger partial charge in [-0.15, -0.1) is 10.2 Å². The second-order valence-corrected chi connectivity index (χ2v) is 5.81. The predicted molar refractivity (Wildman–Crippen MR) is 97.9 cm³/mol. The number of benzene rings is 1. The predicted octanol–water partition coefficient (Wildman–Crippen LogP) is 3.61. The number of ether oxygens (including phenoxy) is 2. The Morgan fingerprint density at radius 1 is 1.20 bits per heavy atom. The summed E-state index contributed by atoms with van der Waals surface area (Å²) in [5.41, 5.74) is 0.614. The highest BCUT2D eigenvalue weighted by molar-refractivity contribution is 6.32. The number of methoxy groups -OCH3 is 2. The monoisotopic (exact) mass is 364 g/mol. The smallest absolute Gasteiger partial charge is 0.276 e. The Balaban J connectivity index is 2.16. The lowest BCUT2D eigenvalue weighted by atomic mass is 10.2. The summed E-state index contributed by atoms with van der Waals surface area (Å²) in [6.45, 7) is 4.11. The number of hydrogen-bond acceptors (Lipinski definition) is 6. The minimum Gasteiger partial charge on any atom is -0.495 e. The van der Waals surface area contributed by atoms with Gasteiger partial charge in [-0.25, -0.2) is 0 Å². The minimum atomic E-state index is -0.412. The molecule has 0 aliphatic rings. The third kappa shape index (κ3) is 4.73. The third-order valence-corrected chi connectivity index (χ3v) is 3.92. The molecule has 7 nitrogen and oxygen atoms in total. The number of carbonyl (C=O) groups excluding carboxylic acids is 1. The van der Waals surface area contributed by atoms with Crippen LogP contribution in [0, 0.1) is 0 Å². The van der Waals surface area contributed by atoms with E-state index < -0.39 is 5.91 Å². The van der Waals surface area contributed by atoms with E-state index >= 15 is 0 Å². The number of halogens is 1. The van der Waals surface area contributed by atoms with Crippen LogP contribution >= 0.6 is 11.6 Å². The van der Waals surface area contributed by atoms with Crippen LogP contribution in [0.25, 0.3) is 0 Å². The van der Waals surface area contributed by atoms with Crippen molar-refractivity contribution in [2.75, 3.05) is 24.9 Å². The molecule has 0 radical (unpaired) electrons. The molecule has 1 amide bonds. The second-order valence-electron chi connectivity index (χ2n) is 5.40. The SMILES string of the molecule is CCC(C)Nc1ccc(C(=O)Nc2cc(OC)c(Cl)cc2OC)nn1. The number of nitrogens with one attached hydrogen (secondary N) is 2. The summed E-state index contributed by atoms with van der Waals surface area (Å²) in [7, 11) is 2.98. The zero-order valence-corrected chi connectivity index (χ0v) is 15.3. The van der Waals surface area contributed by atoms with Crippen LogP contribution in [-0.4, -0.2) is 36.4 Å². The molecule has 1 aromatic heterocycles. The van der Waals surface area contributed by atoms with Crippen molar-refractivity contribution in [3.8, 4) is 11.5 Å². The summed E-state index contributed by atoms with van der Waals surface area (Å²) < 4.78 is 10.4. The Bertz CT molecular complexity index is 737. The summed E-state index contributed by atoms with van der Waals surface area (Å²) in [5, 5.41) is 14.3. The molecule has 0 spiro atoms. The van der Waals surface area contributed by atoms with E-state index in [1.54, 1.807) is 24.3 Å². The average Bonchev–Trinajstić information content (AvgIpc) is 2.63. The molecule has 1 heterocycles. The van der Waals surface area contributed by atoms with E-state index in [4.69, 9.17) is 21.1 Å². The number of nitrogens with zero attached hydrogens (tertiary/aromatic N) is 2. The molecule has 134 valence electrons. The molecule has 1 atom stereocenters. The van der Waals surface area contributed by atoms with Crippen LogP contribution in [0.5, 0.6) is 11.5 Å². The van der Waals surface area contributed by atoms with Gasteiger partial charge in [0.2, 0.25) is 0 Å². The molecule has 2 rings (SSSR count). The van der Waals surface area contributed by atoms with Gasteiger partial charge in [-0.3, -0.25) is 4.79 Å². The number of carbonyl (C=O) groups is 1. The van der Waals surface area contributed by atoms with Crippen molar-refractivity contribution >= 4 is 29.0 Å². The normalized spacial score (nSPS) is 11.6. The van der Waals surface area contributed by atoms with Crippen molar-refractivity contribution in [1.82, 2.24) is 10.2 Å². The summed E-state index contributed by atoms with van der Waals surface area (Å²) in [4.78, 5) is 12.4. The van der Waals surface area contributed by atoms with Crippen LogP contribution in [0.4, 0.5) is 11.5 Å². The average molecular weight is 365 g/mol. The lowest BCUT2D eigenvalue weighted by Gasteiger charge is -2.13. The standard InChI is InChI=1S/C17H21ClN4O3/c1-5-10(2)19-16-7-6-12(21-22-16)17(23)20-13-9-14(24-3)11(18)8-15(13)25-4/h6-10H,5H2,1-4H3,(H,19,22)(H,20,23). The van der Waals surface area contributed by atoms with Crippen LogP contribution in [0.1, 0.15) is 30.8 Å². The van der Waals surface area contributed by atoms with Gasteiger partial charge in [-0.2, -0.15) is 0 Å². The Morgan fingerprint density at radius 3 is 2.48 bits per heavy atom. The first-order valence-electron chi connectivity index (χ1n) is 7.81. The van der Waals surface area contributed by atoms with Crippen molar-refractivity contribution in [2.45, 2.75) is 26.3 Å². The van der Waals surface area contributed by atoms with Crippen LogP contribution in [0.3, 0.4) is 0 Å². The second kappa shape index (κ2) is 8.53. The topological polar surface area (TPSA) is 85.4 Å². The fraction of sp³-hybridized carbons (Fsp3) is 0.353. The number of aromatic nitrogens is 2. The molecule has 2 aromatic rings. The van der Waals surface area contributed by atoms with Gasteiger partial charge in [0.1, 0.15) is 17.3 Å². The number of amides is 1. The molecule has 0 saturated heterocycles. The van der Waals surface area contributed by atoms with Crippen LogP contribution in [-0.2, 0) is 0 Å². The first kappa shape index (κ1) is 18.8. The van der Waals surface area contributed by atoms with E-state index in [9.17, 15) is 4.79 Å². The highest BCUT2D eigenvalue weighted by Gasteiger charge is 2.15. The molecular formula is C17H21ClN4O3. The summed E-state index contributed by atoms with van der Waals surface area (Å²) >= 11 is 6.06. The Labute approximate surface area is 151 Å². The Morgan fingerprint density at radius 2 is 1.92 bits per heavy atom. The van der Waals surface area contributed by atoms with Crippen LogP contribution in [0.15, 0.2) is 24.3 Å². The van der Waals surface area contributed by atoms with E-state index in [1.165, 1.54) is 14.2 Å². The van der Waals surface area contributed by atoms with Crippen molar-refractivity contribution in [1.29, 1.82) is 0 Å². The van der Waals surface area contributed by atoms with Crippen molar-refractivity contribution in [3.05, 3.63) is 35.0 Å². The molecule has 2 N–H and O–H groups in total. The quantitative estimate of drug-likeness (QED) is 0.780. The van der Waals surface area contributed by atoms with E-state index in [0.717, 1.165) is 6.42 Å². The van der Waals surface area contributed by atoms with Gasteiger partial charge in [0.25, 0.3) is 5.91 Å². The molecule has 1 unspecified atom stereocenters. The highest BCUT2D eigenvalue weighted by Crippen LogP contribution is 2.36. The van der Waals surface area contributed by atoms with E-state index in [0.29, 0.717) is 28.0 Å².